The average Bonchev–Trinajstić information content (AvgIpc) is 3.65. The summed E-state index contributed by atoms with van der Waals surface area (Å²) in [6, 6.07) is 6.47. The first kappa shape index (κ1) is 48.3. The fraction of sp³-hybridized carbons (Fsp3) is 0.732. The molecule has 0 aliphatic carbocycles. The number of likely N-dealkylation sites (N-methyl/N-ethyl adjacent to an activating group) is 2. The summed E-state index contributed by atoms with van der Waals surface area (Å²) in [6.45, 7) is 14.1. The highest BCUT2D eigenvalue weighted by molar-refractivity contribution is 14.1. The van der Waals surface area contributed by atoms with Crippen LogP contribution in [0.3, 0.4) is 0 Å². The molecule has 4 amide bonds. The molecular weight excluding hydrogens is 817 g/mol. The molecule has 0 bridgehead atoms. The maximum absolute atomic E-state index is 14.3. The molecule has 55 heavy (non-hydrogen) atoms. The van der Waals surface area contributed by atoms with Crippen LogP contribution in [0.15, 0.2) is 30.3 Å². The fourth-order valence-electron chi connectivity index (χ4n) is 7.85. The number of ether oxygens (including phenoxy) is 3. The monoisotopic (exact) mass is 885 g/mol. The van der Waals surface area contributed by atoms with Crippen LogP contribution >= 0.6 is 22.6 Å². The highest BCUT2D eigenvalue weighted by Gasteiger charge is 2.43. The predicted octanol–water partition coefficient (Wildman–Crippen LogP) is 4.30. The third-order valence-electron chi connectivity index (χ3n) is 11.1. The molecule has 1 aliphatic heterocycles. The SMILES string of the molecule is CCC(C)[C@@H](C(CC(=O)N1CCC[C@H]1[C@H](OC)[C@@H](C)C(=O)N[C@@H](Cc1ccccc1)C(=O)OC)OC)N(C)C(=O)[C@@H](NC(=O)[C@H](C(C)C)N(C)CI)C(C)C. The molecule has 14 heteroatoms. The molecule has 0 saturated carbocycles. The number of nitrogens with zero attached hydrogens (tertiary/aromatic N) is 3. The van der Waals surface area contributed by atoms with Crippen LogP contribution in [-0.2, 0) is 44.6 Å². The number of esters is 1. The molecule has 312 valence electrons. The van der Waals surface area contributed by atoms with Gasteiger partial charge in [0, 0.05) is 34.2 Å². The lowest BCUT2D eigenvalue weighted by atomic mass is 9.89. The van der Waals surface area contributed by atoms with Crippen molar-refractivity contribution in [3.05, 3.63) is 35.9 Å². The zero-order chi connectivity index (χ0) is 41.6. The van der Waals surface area contributed by atoms with Crippen LogP contribution in [0.4, 0.5) is 0 Å². The number of carbonyl (C=O) groups excluding carboxylic acids is 5. The van der Waals surface area contributed by atoms with Crippen molar-refractivity contribution in [1.82, 2.24) is 25.3 Å². The Hall–Kier alpha value is -2.82. The van der Waals surface area contributed by atoms with Crippen LogP contribution in [0.2, 0.25) is 0 Å². The predicted molar refractivity (Wildman–Crippen MR) is 222 cm³/mol. The number of benzene rings is 1. The van der Waals surface area contributed by atoms with E-state index in [0.717, 1.165) is 18.4 Å². The Morgan fingerprint density at radius 3 is 2.05 bits per heavy atom. The molecule has 1 aromatic carbocycles. The molecule has 2 rings (SSSR count). The van der Waals surface area contributed by atoms with Crippen LogP contribution in [-0.4, -0.2) is 133 Å². The van der Waals surface area contributed by atoms with Crippen LogP contribution in [0.1, 0.15) is 79.7 Å². The highest BCUT2D eigenvalue weighted by atomic mass is 127. The summed E-state index contributed by atoms with van der Waals surface area (Å²) in [5.41, 5.74) is 0.876. The van der Waals surface area contributed by atoms with Gasteiger partial charge in [0.2, 0.25) is 23.6 Å². The molecule has 1 aliphatic rings. The second-order valence-electron chi connectivity index (χ2n) is 15.7. The van der Waals surface area contributed by atoms with Crippen LogP contribution < -0.4 is 10.6 Å². The first-order valence-corrected chi connectivity index (χ1v) is 21.1. The quantitative estimate of drug-likeness (QED) is 0.0754. The van der Waals surface area contributed by atoms with Gasteiger partial charge in [-0.05, 0) is 43.2 Å². The van der Waals surface area contributed by atoms with Gasteiger partial charge in [-0.1, -0.05) is 108 Å². The number of amides is 4. The van der Waals surface area contributed by atoms with Gasteiger partial charge in [0.1, 0.15) is 12.1 Å². The van der Waals surface area contributed by atoms with E-state index >= 15 is 0 Å². The molecule has 1 fully saturated rings. The minimum absolute atomic E-state index is 0.00666. The molecule has 9 atom stereocenters. The van der Waals surface area contributed by atoms with Crippen molar-refractivity contribution < 1.29 is 38.2 Å². The minimum atomic E-state index is -0.890. The topological polar surface area (TPSA) is 147 Å². The normalized spacial score (nSPS) is 18.9. The third-order valence-corrected chi connectivity index (χ3v) is 12.2. The summed E-state index contributed by atoms with van der Waals surface area (Å²) in [5.74, 6) is -2.40. The van der Waals surface area contributed by atoms with Crippen molar-refractivity contribution in [2.24, 2.45) is 23.7 Å². The lowest BCUT2D eigenvalue weighted by Crippen LogP contribution is -2.60. The van der Waals surface area contributed by atoms with Crippen LogP contribution in [0, 0.1) is 23.7 Å². The van der Waals surface area contributed by atoms with Gasteiger partial charge in [0.15, 0.2) is 0 Å². The number of rotatable bonds is 22. The molecule has 2 unspecified atom stereocenters. The van der Waals surface area contributed by atoms with Gasteiger partial charge in [0.05, 0.1) is 54.3 Å². The van der Waals surface area contributed by atoms with E-state index in [1.54, 1.807) is 30.9 Å². The number of halogens is 1. The second kappa shape index (κ2) is 23.4. The number of hydrogen-bond acceptors (Lipinski definition) is 9. The second-order valence-corrected chi connectivity index (χ2v) is 16.3. The van der Waals surface area contributed by atoms with Crippen molar-refractivity contribution >= 4 is 52.2 Å². The van der Waals surface area contributed by atoms with E-state index in [2.05, 4.69) is 33.2 Å². The van der Waals surface area contributed by atoms with Gasteiger partial charge >= 0.3 is 5.97 Å². The number of carbonyl (C=O) groups is 5. The summed E-state index contributed by atoms with van der Waals surface area (Å²) in [6.07, 6.45) is 1.08. The summed E-state index contributed by atoms with van der Waals surface area (Å²) >= 11 is 2.23. The number of hydrogen-bond donors (Lipinski definition) is 2. The fourth-order valence-corrected chi connectivity index (χ4v) is 8.28. The van der Waals surface area contributed by atoms with Crippen molar-refractivity contribution in [3.8, 4) is 0 Å². The summed E-state index contributed by atoms with van der Waals surface area (Å²) < 4.78 is 17.6. The van der Waals surface area contributed by atoms with Crippen molar-refractivity contribution in [2.45, 2.75) is 123 Å². The van der Waals surface area contributed by atoms with E-state index in [1.165, 1.54) is 14.2 Å². The average molecular weight is 886 g/mol. The molecule has 2 N–H and O–H groups in total. The smallest absolute Gasteiger partial charge is 0.328 e. The molecular formula is C41H68IN5O8. The van der Waals surface area contributed by atoms with E-state index in [1.807, 2.05) is 83.8 Å². The summed E-state index contributed by atoms with van der Waals surface area (Å²) in [4.78, 5) is 73.9. The molecule has 1 saturated heterocycles. The lowest BCUT2D eigenvalue weighted by Gasteiger charge is -2.41. The van der Waals surface area contributed by atoms with E-state index < -0.39 is 54.3 Å². The zero-order valence-electron chi connectivity index (χ0n) is 35.2. The zero-order valence-corrected chi connectivity index (χ0v) is 37.3. The molecule has 13 nitrogen and oxygen atoms in total. The number of likely N-dealkylation sites (tertiary alicyclic amines) is 1. The number of methoxy groups -OCH3 is 3. The van der Waals surface area contributed by atoms with E-state index in [9.17, 15) is 24.0 Å². The highest BCUT2D eigenvalue weighted by Crippen LogP contribution is 2.30. The van der Waals surface area contributed by atoms with E-state index in [4.69, 9.17) is 14.2 Å². The van der Waals surface area contributed by atoms with Gasteiger partial charge < -0.3 is 34.6 Å². The molecule has 1 heterocycles. The largest absolute Gasteiger partial charge is 0.467 e. The molecule has 1 aromatic rings. The lowest BCUT2D eigenvalue weighted by molar-refractivity contribution is -0.149. The first-order valence-electron chi connectivity index (χ1n) is 19.6. The maximum Gasteiger partial charge on any atom is 0.328 e. The first-order chi connectivity index (χ1) is 26.0. The molecule has 0 aromatic heterocycles. The van der Waals surface area contributed by atoms with E-state index in [-0.39, 0.29) is 54.2 Å². The van der Waals surface area contributed by atoms with Gasteiger partial charge in [-0.15, -0.1) is 0 Å². The van der Waals surface area contributed by atoms with E-state index in [0.29, 0.717) is 17.5 Å². The Bertz CT molecular complexity index is 1380. The van der Waals surface area contributed by atoms with Crippen LogP contribution in [0.5, 0.6) is 0 Å². The van der Waals surface area contributed by atoms with Crippen LogP contribution in [0.25, 0.3) is 0 Å². The Balaban J connectivity index is 2.29. The van der Waals surface area contributed by atoms with Gasteiger partial charge in [-0.3, -0.25) is 24.1 Å². The Kier molecular flexibility index (Phi) is 20.6. The summed E-state index contributed by atoms with van der Waals surface area (Å²) in [5, 5.41) is 5.92. The summed E-state index contributed by atoms with van der Waals surface area (Å²) in [7, 11) is 8.00. The Morgan fingerprint density at radius 1 is 0.909 bits per heavy atom. The number of alkyl halides is 1. The van der Waals surface area contributed by atoms with Gasteiger partial charge in [-0.2, -0.15) is 0 Å². The maximum atomic E-state index is 14.3. The van der Waals surface area contributed by atoms with Crippen molar-refractivity contribution in [3.63, 3.8) is 0 Å². The molecule has 0 radical (unpaired) electrons. The van der Waals surface area contributed by atoms with Gasteiger partial charge in [0.25, 0.3) is 0 Å². The van der Waals surface area contributed by atoms with Crippen molar-refractivity contribution in [2.75, 3.05) is 46.5 Å². The third kappa shape index (κ3) is 13.1. The number of nitrogens with one attached hydrogen (secondary N) is 2. The van der Waals surface area contributed by atoms with Gasteiger partial charge in [-0.25, -0.2) is 4.79 Å². The van der Waals surface area contributed by atoms with Crippen molar-refractivity contribution in [1.29, 1.82) is 0 Å². The Morgan fingerprint density at radius 2 is 1.55 bits per heavy atom. The Labute approximate surface area is 343 Å². The standard InChI is InChI=1S/C41H68IN5O8/c1-13-27(6)36(46(9)40(51)34(25(2)3)44-39(50)35(26(4)5)45(8)24-42)32(53-10)23-33(48)47-21-17-20-31(47)37(54-11)28(7)38(49)43-30(41(52)55-12)22-29-18-15-14-16-19-29/h14-16,18-19,25-28,30-32,34-37H,13,17,20-24H2,1-12H3,(H,43,49)(H,44,50)/t27?,28-,30+,31+,32?,34+,35+,36+,37-/m1/s1. The minimum Gasteiger partial charge on any atom is -0.467 e. The molecule has 0 spiro atoms.